The summed E-state index contributed by atoms with van der Waals surface area (Å²) in [5, 5.41) is 0. The van der Waals surface area contributed by atoms with Gasteiger partial charge in [-0.2, -0.15) is 0 Å². The topological polar surface area (TPSA) is 34.6 Å². The minimum absolute atomic E-state index is 0.490. The average molecular weight is 445 g/mol. The van der Waals surface area contributed by atoms with Gasteiger partial charge in [0.25, 0.3) is 0 Å². The third-order valence-electron chi connectivity index (χ3n) is 7.12. The van der Waals surface area contributed by atoms with E-state index in [1.165, 1.54) is 51.9 Å². The second-order valence-electron chi connectivity index (χ2n) is 9.32. The van der Waals surface area contributed by atoms with Crippen molar-refractivity contribution in [2.45, 2.75) is 52.5 Å². The maximum Gasteiger partial charge on any atom is 0.122 e. The summed E-state index contributed by atoms with van der Waals surface area (Å²) in [5.74, 6) is 2.38. The quantitative estimate of drug-likeness (QED) is 0.448. The lowest BCUT2D eigenvalue weighted by molar-refractivity contribution is 0.197. The molecular weight excluding hydrogens is 408 g/mol. The van der Waals surface area contributed by atoms with E-state index in [2.05, 4.69) is 62.2 Å². The van der Waals surface area contributed by atoms with Crippen molar-refractivity contribution >= 4 is 0 Å². The fourth-order valence-electron chi connectivity index (χ4n) is 5.02. The molecular formula is C29H36N2O2. The van der Waals surface area contributed by atoms with Gasteiger partial charge in [0.1, 0.15) is 11.5 Å². The monoisotopic (exact) mass is 444 g/mol. The summed E-state index contributed by atoms with van der Waals surface area (Å²) in [7, 11) is 3.46. The Morgan fingerprint density at radius 3 is 2.55 bits per heavy atom. The van der Waals surface area contributed by atoms with Crippen LogP contribution in [0.3, 0.4) is 0 Å². The molecule has 0 amide bonds. The van der Waals surface area contributed by atoms with Crippen LogP contribution in [0, 0.1) is 20.8 Å². The number of rotatable bonds is 7. The molecule has 1 atom stereocenters. The van der Waals surface area contributed by atoms with E-state index >= 15 is 0 Å². The normalized spacial score (nSPS) is 16.6. The van der Waals surface area contributed by atoms with E-state index in [-0.39, 0.29) is 0 Å². The molecule has 0 N–H and O–H groups in total. The van der Waals surface area contributed by atoms with Crippen LogP contribution in [0.25, 0.3) is 0 Å². The van der Waals surface area contributed by atoms with E-state index in [0.717, 1.165) is 37.6 Å². The molecule has 1 aliphatic heterocycles. The molecule has 0 bridgehead atoms. The predicted octanol–water partition coefficient (Wildman–Crippen LogP) is 5.99. The smallest absolute Gasteiger partial charge is 0.122 e. The highest BCUT2D eigenvalue weighted by atomic mass is 16.5. The lowest BCUT2D eigenvalue weighted by atomic mass is 9.92. The Hall–Kier alpha value is -2.85. The standard InChI is InChI=1S/C29H36N2O2/c1-20-14-29(33-5)22(3)21(2)27(20)19-31-13-7-9-25(18-31)28-12-11-24(17-30-28)15-23-8-6-10-26(16-23)32-4/h6,8,10-12,14,16-17,25H,7,9,13,15,18-19H2,1-5H3/t25-/m1/s1. The van der Waals surface area contributed by atoms with Gasteiger partial charge in [-0.3, -0.25) is 9.88 Å². The summed E-state index contributed by atoms with van der Waals surface area (Å²) in [6.45, 7) is 9.79. The molecule has 0 radical (unpaired) electrons. The third kappa shape index (κ3) is 5.39. The van der Waals surface area contributed by atoms with Crippen LogP contribution in [0.4, 0.5) is 0 Å². The Balaban J connectivity index is 1.43. The van der Waals surface area contributed by atoms with Crippen LogP contribution in [0.2, 0.25) is 0 Å². The number of hydrogen-bond donors (Lipinski definition) is 0. The Labute approximate surface area is 198 Å². The Bertz CT molecular complexity index is 1090. The number of hydrogen-bond acceptors (Lipinski definition) is 4. The van der Waals surface area contributed by atoms with Crippen LogP contribution < -0.4 is 9.47 Å². The third-order valence-corrected chi connectivity index (χ3v) is 7.12. The van der Waals surface area contributed by atoms with Crippen LogP contribution in [0.5, 0.6) is 11.5 Å². The number of piperidine rings is 1. The van der Waals surface area contributed by atoms with Crippen LogP contribution in [0.1, 0.15) is 57.8 Å². The van der Waals surface area contributed by atoms with E-state index in [4.69, 9.17) is 14.5 Å². The molecule has 1 aliphatic rings. The first-order valence-corrected chi connectivity index (χ1v) is 11.9. The molecule has 174 valence electrons. The summed E-state index contributed by atoms with van der Waals surface area (Å²) in [5.41, 5.74) is 9.06. The van der Waals surface area contributed by atoms with Crippen molar-refractivity contribution < 1.29 is 9.47 Å². The summed E-state index contributed by atoms with van der Waals surface area (Å²) in [4.78, 5) is 7.48. The van der Waals surface area contributed by atoms with Crippen molar-refractivity contribution in [3.8, 4) is 11.5 Å². The van der Waals surface area contributed by atoms with E-state index < -0.39 is 0 Å². The van der Waals surface area contributed by atoms with E-state index in [1.807, 2.05) is 12.1 Å². The van der Waals surface area contributed by atoms with Crippen LogP contribution in [-0.2, 0) is 13.0 Å². The van der Waals surface area contributed by atoms with Crippen molar-refractivity contribution in [2.75, 3.05) is 27.3 Å². The van der Waals surface area contributed by atoms with E-state index in [9.17, 15) is 0 Å². The molecule has 2 aromatic carbocycles. The Morgan fingerprint density at radius 1 is 0.970 bits per heavy atom. The van der Waals surface area contributed by atoms with Crippen LogP contribution in [-0.4, -0.2) is 37.2 Å². The zero-order chi connectivity index (χ0) is 23.4. The van der Waals surface area contributed by atoms with Gasteiger partial charge in [0.05, 0.1) is 14.2 Å². The maximum atomic E-state index is 5.56. The molecule has 1 aromatic heterocycles. The number of aromatic nitrogens is 1. The molecule has 3 aromatic rings. The lowest BCUT2D eigenvalue weighted by Crippen LogP contribution is -2.34. The molecule has 0 unspecified atom stereocenters. The minimum Gasteiger partial charge on any atom is -0.497 e. The number of ether oxygens (including phenoxy) is 2. The van der Waals surface area contributed by atoms with Gasteiger partial charge in [0.2, 0.25) is 0 Å². The zero-order valence-corrected chi connectivity index (χ0v) is 20.6. The van der Waals surface area contributed by atoms with E-state index in [1.54, 1.807) is 14.2 Å². The Kier molecular flexibility index (Phi) is 7.34. The molecule has 0 aliphatic carbocycles. The van der Waals surface area contributed by atoms with Crippen molar-refractivity contribution in [2.24, 2.45) is 0 Å². The van der Waals surface area contributed by atoms with Gasteiger partial charge in [-0.25, -0.2) is 0 Å². The first-order valence-electron chi connectivity index (χ1n) is 11.9. The molecule has 0 saturated carbocycles. The number of likely N-dealkylation sites (tertiary alicyclic amines) is 1. The second-order valence-corrected chi connectivity index (χ2v) is 9.32. The maximum absolute atomic E-state index is 5.56. The van der Waals surface area contributed by atoms with E-state index in [0.29, 0.717) is 5.92 Å². The highest BCUT2D eigenvalue weighted by molar-refractivity contribution is 5.48. The summed E-state index contributed by atoms with van der Waals surface area (Å²) in [6.07, 6.45) is 5.34. The molecule has 33 heavy (non-hydrogen) atoms. The van der Waals surface area contributed by atoms with Gasteiger partial charge in [0.15, 0.2) is 0 Å². The minimum atomic E-state index is 0.490. The number of benzene rings is 2. The van der Waals surface area contributed by atoms with Gasteiger partial charge < -0.3 is 9.47 Å². The van der Waals surface area contributed by atoms with Crippen molar-refractivity contribution in [3.63, 3.8) is 0 Å². The zero-order valence-electron chi connectivity index (χ0n) is 20.6. The van der Waals surface area contributed by atoms with Gasteiger partial charge in [-0.05, 0) is 104 Å². The molecule has 4 nitrogen and oxygen atoms in total. The summed E-state index contributed by atoms with van der Waals surface area (Å²) >= 11 is 0. The fourth-order valence-corrected chi connectivity index (χ4v) is 5.02. The molecule has 4 heteroatoms. The summed E-state index contributed by atoms with van der Waals surface area (Å²) < 4.78 is 10.9. The highest BCUT2D eigenvalue weighted by Crippen LogP contribution is 2.31. The SMILES string of the molecule is COc1cccc(Cc2ccc([C@@H]3CCCN(Cc4c(C)cc(OC)c(C)c4C)C3)nc2)c1. The summed E-state index contributed by atoms with van der Waals surface area (Å²) in [6, 6.07) is 14.9. The molecule has 1 saturated heterocycles. The van der Waals surface area contributed by atoms with Gasteiger partial charge in [-0.1, -0.05) is 18.2 Å². The predicted molar refractivity (Wildman–Crippen MR) is 134 cm³/mol. The van der Waals surface area contributed by atoms with Crippen LogP contribution >= 0.6 is 0 Å². The second kappa shape index (κ2) is 10.4. The van der Waals surface area contributed by atoms with Gasteiger partial charge in [0, 0.05) is 30.9 Å². The lowest BCUT2D eigenvalue weighted by Gasteiger charge is -2.33. The molecule has 0 spiro atoms. The highest BCUT2D eigenvalue weighted by Gasteiger charge is 2.24. The van der Waals surface area contributed by atoms with Crippen LogP contribution in [0.15, 0.2) is 48.7 Å². The largest absolute Gasteiger partial charge is 0.497 e. The van der Waals surface area contributed by atoms with Crippen molar-refractivity contribution in [1.82, 2.24) is 9.88 Å². The number of methoxy groups -OCH3 is 2. The first kappa shape index (κ1) is 23.3. The molecule has 1 fully saturated rings. The number of aryl methyl sites for hydroxylation is 1. The average Bonchev–Trinajstić information content (AvgIpc) is 2.85. The number of pyridine rings is 1. The molecule has 2 heterocycles. The first-order chi connectivity index (χ1) is 16.0. The van der Waals surface area contributed by atoms with Crippen molar-refractivity contribution in [3.05, 3.63) is 87.7 Å². The van der Waals surface area contributed by atoms with Gasteiger partial charge >= 0.3 is 0 Å². The van der Waals surface area contributed by atoms with Gasteiger partial charge in [-0.15, -0.1) is 0 Å². The number of nitrogens with zero attached hydrogens (tertiary/aromatic N) is 2. The fraction of sp³-hybridized carbons (Fsp3) is 0.414. The Morgan fingerprint density at radius 2 is 1.82 bits per heavy atom. The van der Waals surface area contributed by atoms with Crippen molar-refractivity contribution in [1.29, 1.82) is 0 Å². The molecule has 4 rings (SSSR count).